The van der Waals surface area contributed by atoms with Crippen molar-refractivity contribution in [3.63, 3.8) is 0 Å². The zero-order chi connectivity index (χ0) is 16.3. The van der Waals surface area contributed by atoms with Gasteiger partial charge in [-0.1, -0.05) is 59.7 Å². The van der Waals surface area contributed by atoms with E-state index in [0.717, 1.165) is 16.4 Å². The number of phenols is 1. The summed E-state index contributed by atoms with van der Waals surface area (Å²) in [7, 11) is 2.19. The van der Waals surface area contributed by atoms with Crippen molar-refractivity contribution in [3.05, 3.63) is 53.1 Å². The number of benzene rings is 2. The highest BCUT2D eigenvalue weighted by molar-refractivity contribution is 7.56. The minimum absolute atomic E-state index is 0.0697. The third-order valence-corrected chi connectivity index (χ3v) is 4.94. The number of aliphatic imine (C=N–C) groups is 1. The minimum atomic E-state index is -0.0697. The number of aryl methyl sites for hydroxylation is 1. The van der Waals surface area contributed by atoms with Gasteiger partial charge < -0.3 is 5.11 Å². The number of rotatable bonds is 3. The molecular formula is C19H24NOP. The molecule has 2 aromatic carbocycles. The predicted octanol–water partition coefficient (Wildman–Crippen LogP) is 3.68. The molecule has 22 heavy (non-hydrogen) atoms. The van der Waals surface area contributed by atoms with Gasteiger partial charge in [0.2, 0.25) is 0 Å². The summed E-state index contributed by atoms with van der Waals surface area (Å²) < 4.78 is 0. The molecule has 0 aliphatic heterocycles. The van der Waals surface area contributed by atoms with Gasteiger partial charge in [0.15, 0.2) is 0 Å². The first-order valence-corrected chi connectivity index (χ1v) is 8.45. The SMILES string of the molecule is CN=Cc1ccccc1Pc1cc(C)cc(C(C)(C)C)c1O. The van der Waals surface area contributed by atoms with E-state index in [1.807, 2.05) is 18.3 Å². The van der Waals surface area contributed by atoms with Gasteiger partial charge in [0.05, 0.1) is 0 Å². The Hall–Kier alpha value is -1.66. The Morgan fingerprint density at radius 2 is 1.77 bits per heavy atom. The van der Waals surface area contributed by atoms with Crippen molar-refractivity contribution in [3.8, 4) is 5.75 Å². The van der Waals surface area contributed by atoms with Crippen molar-refractivity contribution < 1.29 is 5.11 Å². The van der Waals surface area contributed by atoms with E-state index >= 15 is 0 Å². The smallest absolute Gasteiger partial charge is 0.127 e. The molecule has 2 aromatic rings. The monoisotopic (exact) mass is 313 g/mol. The second-order valence-corrected chi connectivity index (χ2v) is 7.89. The van der Waals surface area contributed by atoms with E-state index in [0.29, 0.717) is 14.3 Å². The first-order valence-electron chi connectivity index (χ1n) is 7.45. The Labute approximate surface area is 135 Å². The first-order chi connectivity index (χ1) is 10.3. The molecule has 0 aliphatic rings. The van der Waals surface area contributed by atoms with E-state index in [1.54, 1.807) is 7.05 Å². The summed E-state index contributed by atoms with van der Waals surface area (Å²) in [6.45, 7) is 8.48. The minimum Gasteiger partial charge on any atom is -0.507 e. The molecule has 0 spiro atoms. The van der Waals surface area contributed by atoms with Crippen molar-refractivity contribution in [2.24, 2.45) is 4.99 Å². The molecule has 116 valence electrons. The molecule has 0 radical (unpaired) electrons. The van der Waals surface area contributed by atoms with Crippen LogP contribution in [0.5, 0.6) is 5.75 Å². The predicted molar refractivity (Wildman–Crippen MR) is 99.1 cm³/mol. The van der Waals surface area contributed by atoms with Crippen LogP contribution in [0.4, 0.5) is 0 Å². The van der Waals surface area contributed by atoms with Gasteiger partial charge >= 0.3 is 0 Å². The van der Waals surface area contributed by atoms with Gasteiger partial charge in [-0.15, -0.1) is 0 Å². The number of phenolic OH excluding ortho intramolecular Hbond substituents is 1. The van der Waals surface area contributed by atoms with Crippen LogP contribution in [0.1, 0.15) is 37.5 Å². The summed E-state index contributed by atoms with van der Waals surface area (Å²) in [6.07, 6.45) is 1.87. The zero-order valence-electron chi connectivity index (χ0n) is 13.9. The summed E-state index contributed by atoms with van der Waals surface area (Å²) in [4.78, 5) is 4.12. The maximum Gasteiger partial charge on any atom is 0.127 e. The van der Waals surface area contributed by atoms with E-state index in [-0.39, 0.29) is 5.41 Å². The molecule has 3 heteroatoms. The highest BCUT2D eigenvalue weighted by Gasteiger charge is 2.21. The summed E-state index contributed by atoms with van der Waals surface area (Å²) >= 11 is 0. The Balaban J connectivity index is 2.49. The molecule has 2 rings (SSSR count). The maximum atomic E-state index is 10.7. The molecular weight excluding hydrogens is 289 g/mol. The zero-order valence-corrected chi connectivity index (χ0v) is 14.9. The lowest BCUT2D eigenvalue weighted by atomic mass is 9.85. The lowest BCUT2D eigenvalue weighted by Crippen LogP contribution is -2.17. The average molecular weight is 313 g/mol. The van der Waals surface area contributed by atoms with E-state index in [1.165, 1.54) is 10.9 Å². The summed E-state index contributed by atoms with van der Waals surface area (Å²) in [5, 5.41) is 12.9. The van der Waals surface area contributed by atoms with Crippen molar-refractivity contribution in [1.29, 1.82) is 0 Å². The van der Waals surface area contributed by atoms with E-state index < -0.39 is 0 Å². The third kappa shape index (κ3) is 3.75. The lowest BCUT2D eigenvalue weighted by molar-refractivity contribution is 0.450. The van der Waals surface area contributed by atoms with Gasteiger partial charge in [0.1, 0.15) is 5.75 Å². The third-order valence-electron chi connectivity index (χ3n) is 3.56. The molecule has 0 aromatic heterocycles. The van der Waals surface area contributed by atoms with Crippen LogP contribution in [0, 0.1) is 6.92 Å². The van der Waals surface area contributed by atoms with Gasteiger partial charge in [-0.25, -0.2) is 0 Å². The Bertz CT molecular complexity index is 699. The van der Waals surface area contributed by atoms with E-state index in [2.05, 4.69) is 57.0 Å². The van der Waals surface area contributed by atoms with Crippen LogP contribution in [0.3, 0.4) is 0 Å². The average Bonchev–Trinajstić information content (AvgIpc) is 2.43. The van der Waals surface area contributed by atoms with Crippen LogP contribution in [0.15, 0.2) is 41.4 Å². The van der Waals surface area contributed by atoms with Gasteiger partial charge in [0.25, 0.3) is 0 Å². The molecule has 1 atom stereocenters. The first kappa shape index (κ1) is 16.7. The van der Waals surface area contributed by atoms with Gasteiger partial charge in [-0.05, 0) is 34.8 Å². The molecule has 1 unspecified atom stereocenters. The fourth-order valence-electron chi connectivity index (χ4n) is 2.45. The Morgan fingerprint density at radius 3 is 2.41 bits per heavy atom. The molecule has 0 amide bonds. The standard InChI is InChI=1S/C19H24NOP/c1-13-10-15(19(2,3)4)18(21)17(11-13)22-16-9-7-6-8-14(16)12-20-5/h6-12,21-22H,1-5H3. The van der Waals surface area contributed by atoms with E-state index in [4.69, 9.17) is 0 Å². The molecule has 0 fully saturated rings. The summed E-state index contributed by atoms with van der Waals surface area (Å²) in [5.41, 5.74) is 3.24. The quantitative estimate of drug-likeness (QED) is 0.680. The van der Waals surface area contributed by atoms with Crippen molar-refractivity contribution in [2.75, 3.05) is 7.05 Å². The van der Waals surface area contributed by atoms with Crippen LogP contribution in [0.2, 0.25) is 0 Å². The molecule has 0 bridgehead atoms. The molecule has 2 nitrogen and oxygen atoms in total. The highest BCUT2D eigenvalue weighted by Crippen LogP contribution is 2.33. The normalized spacial score (nSPS) is 12.6. The van der Waals surface area contributed by atoms with Crippen LogP contribution in [0.25, 0.3) is 0 Å². The second-order valence-electron chi connectivity index (χ2n) is 6.56. The van der Waals surface area contributed by atoms with Crippen LogP contribution in [-0.4, -0.2) is 18.4 Å². The fraction of sp³-hybridized carbons (Fsp3) is 0.316. The van der Waals surface area contributed by atoms with Gasteiger partial charge in [0, 0.05) is 24.1 Å². The van der Waals surface area contributed by atoms with Crippen molar-refractivity contribution in [1.82, 2.24) is 0 Å². The van der Waals surface area contributed by atoms with Gasteiger partial charge in [-0.2, -0.15) is 0 Å². The number of hydrogen-bond acceptors (Lipinski definition) is 2. The fourth-order valence-corrected chi connectivity index (χ4v) is 3.77. The summed E-state index contributed by atoms with van der Waals surface area (Å²) in [5.74, 6) is 0.430. The molecule has 0 aliphatic carbocycles. The van der Waals surface area contributed by atoms with Crippen molar-refractivity contribution >= 4 is 25.4 Å². The lowest BCUT2D eigenvalue weighted by Gasteiger charge is -2.23. The van der Waals surface area contributed by atoms with Gasteiger partial charge in [-0.3, -0.25) is 4.99 Å². The summed E-state index contributed by atoms with van der Waals surface area (Å²) in [6, 6.07) is 12.4. The number of nitrogens with zero attached hydrogens (tertiary/aromatic N) is 1. The molecule has 1 N–H and O–H groups in total. The Morgan fingerprint density at radius 1 is 1.09 bits per heavy atom. The van der Waals surface area contributed by atoms with Crippen LogP contribution in [-0.2, 0) is 5.41 Å². The van der Waals surface area contributed by atoms with E-state index in [9.17, 15) is 5.11 Å². The van der Waals surface area contributed by atoms with Crippen LogP contribution < -0.4 is 10.6 Å². The van der Waals surface area contributed by atoms with Crippen LogP contribution >= 0.6 is 8.58 Å². The number of hydrogen-bond donors (Lipinski definition) is 1. The topological polar surface area (TPSA) is 32.6 Å². The largest absolute Gasteiger partial charge is 0.507 e. The molecule has 0 saturated heterocycles. The highest BCUT2D eigenvalue weighted by atomic mass is 31.1. The van der Waals surface area contributed by atoms with Crippen molar-refractivity contribution in [2.45, 2.75) is 33.1 Å². The number of aromatic hydroxyl groups is 1. The second kappa shape index (κ2) is 6.62. The molecule has 0 heterocycles. The molecule has 0 saturated carbocycles. The Kier molecular flexibility index (Phi) is 5.03. The maximum absolute atomic E-state index is 10.7.